The zero-order valence-electron chi connectivity index (χ0n) is 10.1. The maximum absolute atomic E-state index is 10.5. The molecule has 3 aromatic rings. The van der Waals surface area contributed by atoms with E-state index in [1.54, 1.807) is 18.4 Å². The number of aliphatic hydroxyl groups is 1. The molecule has 0 saturated heterocycles. The molecule has 1 heterocycles. The van der Waals surface area contributed by atoms with Crippen LogP contribution in [0.2, 0.25) is 0 Å². The number of hydrogen-bond donors (Lipinski definition) is 1. The first-order valence-corrected chi connectivity index (χ1v) is 5.97. The third kappa shape index (κ3) is 1.71. The van der Waals surface area contributed by atoms with E-state index in [1.165, 1.54) is 0 Å². The van der Waals surface area contributed by atoms with Crippen LogP contribution in [0.4, 0.5) is 0 Å². The van der Waals surface area contributed by atoms with Gasteiger partial charge in [-0.1, -0.05) is 36.4 Å². The molecule has 2 heteroatoms. The van der Waals surface area contributed by atoms with E-state index >= 15 is 0 Å². The van der Waals surface area contributed by atoms with Crippen LogP contribution in [-0.4, -0.2) is 5.11 Å². The van der Waals surface area contributed by atoms with Gasteiger partial charge in [0.2, 0.25) is 0 Å². The van der Waals surface area contributed by atoms with Crippen molar-refractivity contribution in [3.63, 3.8) is 0 Å². The Balaban J connectivity index is 2.24. The Morgan fingerprint density at radius 1 is 1.00 bits per heavy atom. The second kappa shape index (κ2) is 4.31. The first kappa shape index (κ1) is 11.1. The maximum atomic E-state index is 10.5. The summed E-state index contributed by atoms with van der Waals surface area (Å²) in [6.45, 7) is 2.01. The monoisotopic (exact) mass is 238 g/mol. The molecule has 1 N–H and O–H groups in total. The van der Waals surface area contributed by atoms with Gasteiger partial charge < -0.3 is 9.52 Å². The van der Waals surface area contributed by atoms with Gasteiger partial charge in [-0.25, -0.2) is 0 Å². The highest BCUT2D eigenvalue weighted by Gasteiger charge is 2.18. The van der Waals surface area contributed by atoms with Gasteiger partial charge in [0.1, 0.15) is 11.9 Å². The van der Waals surface area contributed by atoms with Crippen LogP contribution in [0.3, 0.4) is 0 Å². The average molecular weight is 238 g/mol. The molecule has 0 aliphatic carbocycles. The standard InChI is InChI=1S/C16H14O2/c1-11-8-9-12-5-2-3-6-13(12)15(11)16(17)14-7-4-10-18-14/h2-10,16-17H,1H3. The number of aryl methyl sites for hydroxylation is 1. The topological polar surface area (TPSA) is 33.4 Å². The van der Waals surface area contributed by atoms with E-state index in [4.69, 9.17) is 4.42 Å². The van der Waals surface area contributed by atoms with Crippen LogP contribution in [0.5, 0.6) is 0 Å². The predicted molar refractivity (Wildman–Crippen MR) is 71.5 cm³/mol. The molecule has 1 aromatic heterocycles. The lowest BCUT2D eigenvalue weighted by Gasteiger charge is -2.14. The molecule has 0 fully saturated rings. The number of rotatable bonds is 2. The molecule has 0 aliphatic rings. The summed E-state index contributed by atoms with van der Waals surface area (Å²) >= 11 is 0. The Kier molecular flexibility index (Phi) is 2.65. The first-order chi connectivity index (χ1) is 8.77. The van der Waals surface area contributed by atoms with Crippen molar-refractivity contribution in [3.8, 4) is 0 Å². The highest BCUT2D eigenvalue weighted by Crippen LogP contribution is 2.31. The second-order valence-electron chi connectivity index (χ2n) is 4.44. The molecule has 0 saturated carbocycles. The fourth-order valence-electron chi connectivity index (χ4n) is 2.36. The Morgan fingerprint density at radius 2 is 1.83 bits per heavy atom. The quantitative estimate of drug-likeness (QED) is 0.736. The van der Waals surface area contributed by atoms with E-state index in [0.29, 0.717) is 5.76 Å². The average Bonchev–Trinajstić information content (AvgIpc) is 2.92. The summed E-state index contributed by atoms with van der Waals surface area (Å²) in [4.78, 5) is 0. The molecule has 0 amide bonds. The smallest absolute Gasteiger partial charge is 0.137 e. The van der Waals surface area contributed by atoms with Crippen LogP contribution in [0.15, 0.2) is 59.2 Å². The molecular weight excluding hydrogens is 224 g/mol. The lowest BCUT2D eigenvalue weighted by atomic mass is 9.94. The van der Waals surface area contributed by atoms with Gasteiger partial charge in [0, 0.05) is 0 Å². The summed E-state index contributed by atoms with van der Waals surface area (Å²) in [5.41, 5.74) is 1.99. The minimum atomic E-state index is -0.717. The Bertz CT molecular complexity index is 669. The fourth-order valence-corrected chi connectivity index (χ4v) is 2.36. The summed E-state index contributed by atoms with van der Waals surface area (Å²) in [5.74, 6) is 0.578. The van der Waals surface area contributed by atoms with E-state index in [-0.39, 0.29) is 0 Å². The highest BCUT2D eigenvalue weighted by atomic mass is 16.4. The van der Waals surface area contributed by atoms with E-state index in [2.05, 4.69) is 6.07 Å². The van der Waals surface area contributed by atoms with Gasteiger partial charge in [0.05, 0.1) is 6.26 Å². The van der Waals surface area contributed by atoms with E-state index < -0.39 is 6.10 Å². The number of furan rings is 1. The molecule has 1 atom stereocenters. The first-order valence-electron chi connectivity index (χ1n) is 5.97. The predicted octanol–water partition coefficient (Wildman–Crippen LogP) is 3.82. The van der Waals surface area contributed by atoms with Crippen LogP contribution < -0.4 is 0 Å². The highest BCUT2D eigenvalue weighted by molar-refractivity contribution is 5.87. The zero-order valence-corrected chi connectivity index (χ0v) is 10.1. The maximum Gasteiger partial charge on any atom is 0.137 e. The van der Waals surface area contributed by atoms with E-state index in [1.807, 2.05) is 37.3 Å². The number of benzene rings is 2. The molecule has 0 radical (unpaired) electrons. The summed E-state index contributed by atoms with van der Waals surface area (Å²) in [6.07, 6.45) is 0.866. The summed E-state index contributed by atoms with van der Waals surface area (Å²) in [5, 5.41) is 12.7. The Hall–Kier alpha value is -2.06. The van der Waals surface area contributed by atoms with Crippen LogP contribution in [0.1, 0.15) is 23.0 Å². The minimum Gasteiger partial charge on any atom is -0.466 e. The second-order valence-corrected chi connectivity index (χ2v) is 4.44. The third-order valence-corrected chi connectivity index (χ3v) is 3.27. The lowest BCUT2D eigenvalue weighted by Crippen LogP contribution is -2.01. The molecule has 2 nitrogen and oxygen atoms in total. The molecule has 0 bridgehead atoms. The minimum absolute atomic E-state index is 0.578. The number of aliphatic hydroxyl groups excluding tert-OH is 1. The molecule has 2 aromatic carbocycles. The lowest BCUT2D eigenvalue weighted by molar-refractivity contribution is 0.190. The molecule has 3 rings (SSSR count). The Labute approximate surface area is 105 Å². The van der Waals surface area contributed by atoms with Gasteiger partial charge in [0.15, 0.2) is 0 Å². The van der Waals surface area contributed by atoms with Gasteiger partial charge in [-0.3, -0.25) is 0 Å². The van der Waals surface area contributed by atoms with Crippen molar-refractivity contribution in [1.29, 1.82) is 0 Å². The van der Waals surface area contributed by atoms with E-state index in [9.17, 15) is 5.11 Å². The summed E-state index contributed by atoms with van der Waals surface area (Å²) in [7, 11) is 0. The number of fused-ring (bicyclic) bond motifs is 1. The van der Waals surface area contributed by atoms with Crippen molar-refractivity contribution in [2.24, 2.45) is 0 Å². The van der Waals surface area contributed by atoms with Gasteiger partial charge in [-0.2, -0.15) is 0 Å². The van der Waals surface area contributed by atoms with Crippen LogP contribution in [0, 0.1) is 6.92 Å². The molecule has 18 heavy (non-hydrogen) atoms. The van der Waals surface area contributed by atoms with Crippen molar-refractivity contribution in [3.05, 3.63) is 71.7 Å². The molecular formula is C16H14O2. The molecule has 0 aliphatic heterocycles. The number of hydrogen-bond acceptors (Lipinski definition) is 2. The molecule has 90 valence electrons. The summed E-state index contributed by atoms with van der Waals surface area (Å²) in [6, 6.07) is 15.8. The van der Waals surface area contributed by atoms with Gasteiger partial charge in [-0.15, -0.1) is 0 Å². The normalized spacial score (nSPS) is 12.8. The zero-order chi connectivity index (χ0) is 12.5. The van der Waals surface area contributed by atoms with Crippen molar-refractivity contribution >= 4 is 10.8 Å². The van der Waals surface area contributed by atoms with Gasteiger partial charge in [-0.05, 0) is 41.0 Å². The van der Waals surface area contributed by atoms with E-state index in [0.717, 1.165) is 21.9 Å². The van der Waals surface area contributed by atoms with Crippen molar-refractivity contribution in [1.82, 2.24) is 0 Å². The third-order valence-electron chi connectivity index (χ3n) is 3.27. The Morgan fingerprint density at radius 3 is 2.61 bits per heavy atom. The molecule has 1 unspecified atom stereocenters. The fraction of sp³-hybridized carbons (Fsp3) is 0.125. The summed E-state index contributed by atoms with van der Waals surface area (Å²) < 4.78 is 5.30. The van der Waals surface area contributed by atoms with Crippen molar-refractivity contribution in [2.45, 2.75) is 13.0 Å². The van der Waals surface area contributed by atoms with Crippen molar-refractivity contribution < 1.29 is 9.52 Å². The van der Waals surface area contributed by atoms with Gasteiger partial charge in [0.25, 0.3) is 0 Å². The van der Waals surface area contributed by atoms with Gasteiger partial charge >= 0.3 is 0 Å². The van der Waals surface area contributed by atoms with Crippen LogP contribution in [0.25, 0.3) is 10.8 Å². The SMILES string of the molecule is Cc1ccc2ccccc2c1C(O)c1ccco1. The largest absolute Gasteiger partial charge is 0.466 e. The van der Waals surface area contributed by atoms with Crippen molar-refractivity contribution in [2.75, 3.05) is 0 Å². The van der Waals surface area contributed by atoms with Crippen LogP contribution in [-0.2, 0) is 0 Å². The van der Waals surface area contributed by atoms with Crippen LogP contribution >= 0.6 is 0 Å². The molecule has 0 spiro atoms.